The predicted molar refractivity (Wildman–Crippen MR) is 585 cm³/mol. The highest BCUT2D eigenvalue weighted by atomic mass is 16.6. The van der Waals surface area contributed by atoms with Gasteiger partial charge in [-0.15, -0.1) is 0 Å². The topological polar surface area (TPSA) is 325 Å². The van der Waals surface area contributed by atoms with E-state index in [1.807, 2.05) is 105 Å². The highest BCUT2D eigenvalue weighted by Gasteiger charge is 2.33. The molecule has 11 aliphatic heterocycles. The maximum absolute atomic E-state index is 12.7. The number of aromatic amines is 4. The van der Waals surface area contributed by atoms with Crippen LogP contribution < -0.4 is 87.8 Å². The molecule has 1 amide bonds. The van der Waals surface area contributed by atoms with Gasteiger partial charge in [-0.3, -0.25) is 19.2 Å². The number of rotatable bonds is 17. The third-order valence-electron chi connectivity index (χ3n) is 29.5. The number of ether oxygens (including phenoxy) is 9. The van der Waals surface area contributed by atoms with Crippen molar-refractivity contribution in [1.82, 2.24) is 35.1 Å². The highest BCUT2D eigenvalue weighted by molar-refractivity contribution is 5.80. The number of aromatic nitrogens is 4. The maximum Gasteiger partial charge on any atom is 0.410 e. The predicted octanol–water partition coefficient (Wildman–Crippen LogP) is 19.1. The van der Waals surface area contributed by atoms with Crippen molar-refractivity contribution in [3.63, 3.8) is 0 Å². The number of morpholine rings is 4. The Kier molecular flexibility index (Phi) is 30.8. The van der Waals surface area contributed by atoms with Gasteiger partial charge in [-0.1, -0.05) is 78.9 Å². The normalized spacial score (nSPS) is 18.4. The van der Waals surface area contributed by atoms with Gasteiger partial charge in [-0.05, 0) is 254 Å². The van der Waals surface area contributed by atoms with Crippen LogP contribution in [0.1, 0.15) is 129 Å². The van der Waals surface area contributed by atoms with E-state index in [1.165, 1.54) is 48.9 Å². The second kappa shape index (κ2) is 45.8. The summed E-state index contributed by atoms with van der Waals surface area (Å²) < 4.78 is 53.2. The molecule has 148 heavy (non-hydrogen) atoms. The number of carbonyl (C=O) groups excluding carboxylic acids is 1. The average Bonchev–Trinajstić information content (AvgIpc) is 0.794. The number of likely N-dealkylation sites (tertiary alicyclic amines) is 2. The SMILES string of the molecule is CC(C)(C)OC(=O)N1CCCC(Nc2ccc3c(c2)Cc2cccc(-c4cc(N5CCOCC5)cc(=O)[nH]4)c2O3)CC1.Nc1ccc2c(c1)Cc1cccc(-c3cc(N4CCOCC4)cc(=O)[nH]3)c1O2.O=c1cc(N2CCOCC2)cc(-c2cccc3c2Oc2ccc(NC4CCCN(CCc5ccccc5)CC4)cc2C3)[nH]1.O=c1cc(N2CCOCC2)cc(-c2cccc3c2Oc2ccc(NC4CCCNCC4)cc2C3)[nH]1. The third kappa shape index (κ3) is 24.4. The molecule has 0 spiro atoms. The van der Waals surface area contributed by atoms with Crippen LogP contribution in [0.15, 0.2) is 244 Å². The Morgan fingerprint density at radius 2 is 0.703 bits per heavy atom. The van der Waals surface area contributed by atoms with Crippen molar-refractivity contribution in [3.05, 3.63) is 316 Å². The van der Waals surface area contributed by atoms with E-state index in [4.69, 9.17) is 48.4 Å². The van der Waals surface area contributed by atoms with Crippen molar-refractivity contribution < 1.29 is 47.4 Å². The van der Waals surface area contributed by atoms with Crippen LogP contribution in [0, 0.1) is 0 Å². The fraction of sp³-hybridized carbons (Fsp3) is 0.370. The van der Waals surface area contributed by atoms with E-state index in [0.29, 0.717) is 78.0 Å². The monoisotopic (exact) mass is 2000 g/mol. The Balaban J connectivity index is 0.000000117. The summed E-state index contributed by atoms with van der Waals surface area (Å²) in [4.78, 5) is 88.1. The molecule has 0 saturated carbocycles. The second-order valence-corrected chi connectivity index (χ2v) is 41.1. The number of hydrogen-bond acceptors (Lipinski definition) is 24. The zero-order valence-electron chi connectivity index (χ0n) is 84.7. The third-order valence-corrected chi connectivity index (χ3v) is 29.5. The van der Waals surface area contributed by atoms with Gasteiger partial charge < -0.3 is 119 Å². The molecule has 3 atom stereocenters. The number of H-pyrrole nitrogens is 4. The van der Waals surface area contributed by atoms with Gasteiger partial charge in [0.1, 0.15) is 51.6 Å². The fourth-order valence-electron chi connectivity index (χ4n) is 21.8. The number of nitrogens with one attached hydrogen (secondary N) is 8. The number of pyridine rings is 4. The number of benzene rings is 9. The summed E-state index contributed by atoms with van der Waals surface area (Å²) in [5, 5.41) is 14.7. The van der Waals surface area contributed by atoms with Gasteiger partial charge in [0.25, 0.3) is 0 Å². The molecule has 24 rings (SSSR count). The molecule has 29 nitrogen and oxygen atoms in total. The van der Waals surface area contributed by atoms with Gasteiger partial charge in [0.05, 0.1) is 75.6 Å². The smallest absolute Gasteiger partial charge is 0.410 e. The van der Waals surface area contributed by atoms with Crippen LogP contribution in [-0.4, -0.2) is 211 Å². The summed E-state index contributed by atoms with van der Waals surface area (Å²) in [6, 6.07) is 76.2. The van der Waals surface area contributed by atoms with Crippen LogP contribution in [0.2, 0.25) is 0 Å². The molecule has 7 fully saturated rings. The van der Waals surface area contributed by atoms with Gasteiger partial charge >= 0.3 is 6.09 Å². The van der Waals surface area contributed by atoms with Crippen LogP contribution in [0.4, 0.5) is 50.3 Å². The largest absolute Gasteiger partial charge is 0.456 e. The first kappa shape index (κ1) is 99.4. The summed E-state index contributed by atoms with van der Waals surface area (Å²) in [6.45, 7) is 24.3. The van der Waals surface area contributed by atoms with E-state index in [-0.39, 0.29) is 34.4 Å². The summed E-state index contributed by atoms with van der Waals surface area (Å²) >= 11 is 0. The number of anilines is 8. The van der Waals surface area contributed by atoms with Crippen molar-refractivity contribution in [1.29, 1.82) is 0 Å². The minimum absolute atomic E-state index is 0.109. The van der Waals surface area contributed by atoms with Crippen LogP contribution in [0.3, 0.4) is 0 Å². The first-order valence-electron chi connectivity index (χ1n) is 52.8. The number of para-hydroxylation sites is 4. The van der Waals surface area contributed by atoms with E-state index in [1.54, 1.807) is 24.3 Å². The molecule has 4 aromatic heterocycles. The molecule has 9 aromatic carbocycles. The first-order chi connectivity index (χ1) is 72.3. The van der Waals surface area contributed by atoms with Crippen molar-refractivity contribution in [2.24, 2.45) is 0 Å². The van der Waals surface area contributed by atoms with Crippen LogP contribution >= 0.6 is 0 Å². The summed E-state index contributed by atoms with van der Waals surface area (Å²) in [5.41, 5.74) is 29.7. The molecule has 0 radical (unpaired) electrons. The minimum atomic E-state index is -0.490. The van der Waals surface area contributed by atoms with Crippen LogP contribution in [-0.2, 0) is 55.8 Å². The van der Waals surface area contributed by atoms with Crippen molar-refractivity contribution >= 4 is 51.6 Å². The molecule has 10 N–H and O–H groups in total. The van der Waals surface area contributed by atoms with Crippen LogP contribution in [0.5, 0.6) is 46.0 Å². The lowest BCUT2D eigenvalue weighted by molar-refractivity contribution is 0.0256. The van der Waals surface area contributed by atoms with Gasteiger partial charge in [0.15, 0.2) is 0 Å². The van der Waals surface area contributed by atoms with Crippen molar-refractivity contribution in [2.45, 2.75) is 134 Å². The molecular formula is C119H133N15O14. The highest BCUT2D eigenvalue weighted by Crippen LogP contribution is 2.49. The number of fused-ring (bicyclic) bond motifs is 8. The molecule has 768 valence electrons. The Labute approximate surface area is 862 Å². The van der Waals surface area contributed by atoms with E-state index >= 15 is 0 Å². The Bertz CT molecular complexity index is 7150. The second-order valence-electron chi connectivity index (χ2n) is 41.1. The van der Waals surface area contributed by atoms with E-state index in [0.717, 1.165) is 313 Å². The number of hydrogen-bond donors (Lipinski definition) is 9. The molecular weight excluding hydrogens is 1860 g/mol. The Morgan fingerprint density at radius 3 is 1.09 bits per heavy atom. The summed E-state index contributed by atoms with van der Waals surface area (Å²) in [6.07, 6.45) is 13.8. The van der Waals surface area contributed by atoms with Gasteiger partial charge in [0, 0.05) is 237 Å². The van der Waals surface area contributed by atoms with Gasteiger partial charge in [-0.2, -0.15) is 0 Å². The fourth-order valence-corrected chi connectivity index (χ4v) is 21.8. The quantitative estimate of drug-likeness (QED) is 0.0382. The molecule has 3 unspecified atom stereocenters. The van der Waals surface area contributed by atoms with E-state index in [2.05, 4.69) is 187 Å². The van der Waals surface area contributed by atoms with Crippen molar-refractivity contribution in [2.75, 3.05) is 192 Å². The summed E-state index contributed by atoms with van der Waals surface area (Å²) in [5.74, 6) is 6.61. The lowest BCUT2D eigenvalue weighted by Crippen LogP contribution is -2.37. The molecule has 7 saturated heterocycles. The molecule has 11 aliphatic rings. The van der Waals surface area contributed by atoms with E-state index in [9.17, 15) is 24.0 Å². The van der Waals surface area contributed by atoms with Gasteiger partial charge in [0.2, 0.25) is 22.2 Å². The maximum atomic E-state index is 12.7. The number of carbonyl (C=O) groups is 1. The number of nitrogens with zero attached hydrogens (tertiary/aromatic N) is 6. The lowest BCUT2D eigenvalue weighted by atomic mass is 9.96. The zero-order chi connectivity index (χ0) is 101. The molecule has 13 aromatic rings. The molecule has 0 aliphatic carbocycles. The van der Waals surface area contributed by atoms with Crippen LogP contribution in [0.25, 0.3) is 45.0 Å². The average molecular weight is 2000 g/mol. The minimum Gasteiger partial charge on any atom is -0.456 e. The van der Waals surface area contributed by atoms with Crippen molar-refractivity contribution in [3.8, 4) is 91.0 Å². The summed E-state index contributed by atoms with van der Waals surface area (Å²) in [7, 11) is 0. The molecule has 15 heterocycles. The first-order valence-corrected chi connectivity index (χ1v) is 52.8. The van der Waals surface area contributed by atoms with E-state index < -0.39 is 5.60 Å². The number of nitrogen functional groups attached to an aromatic ring is 1. The standard InChI is InChI=1S/C36H40N4O3.C33H40N4O5.C28H32N4O3.C22H21N3O3/c41-35-25-31(40-18-20-42-21-19-40)24-33(38-35)32-10-4-8-27-22-28-23-30(11-12-34(28)43-36(27)32)37-29-9-5-15-39(17-14-29)16-13-26-6-2-1-3-7-26;1-33(2,3)42-32(39)37-12-5-7-24(11-13-37)34-25-9-10-29-23(19-25)18-22-6-4-8-27(31(22)41-29)28-20-26(21-30(38)35-28)36-14-16-40-17-15-36;33-27-18-23(32-11-13-34-14-12-32)17-25(31-27)24-5-1-3-19-15-20-16-22(6-7-26(20)35-28(19)24)30-21-4-2-9-29-10-8-21;23-16-4-5-20-15(11-16)10-14-2-1-3-18(22(14)28-20)19-12-17(13-21(26)24-19)25-6-8-27-9-7-25/h1-4,6-8,10-12,23-25,29,37H,5,9,13-22H2,(H,38,41);4,6,8-10,19-21,24,34H,5,7,11-18H2,1-3H3,(H,35,38);1,3,5-7,16-18,21,29-30H,2,4,8-15H2,(H,31,33);1-5,11-13H,6-10,23H2,(H,24,26). The molecule has 29 heteroatoms. The Morgan fingerprint density at radius 1 is 0.351 bits per heavy atom. The number of nitrogens with two attached hydrogens (primary N) is 1. The van der Waals surface area contributed by atoms with Gasteiger partial charge in [-0.25, -0.2) is 4.79 Å². The lowest BCUT2D eigenvalue weighted by Gasteiger charge is -2.29. The number of amides is 1. The zero-order valence-corrected chi connectivity index (χ0v) is 84.7. The Hall–Kier alpha value is -14.6. The molecule has 0 bridgehead atoms.